The van der Waals surface area contributed by atoms with Crippen molar-refractivity contribution in [3.05, 3.63) is 4.91 Å². The van der Waals surface area contributed by atoms with Crippen LogP contribution in [0.1, 0.15) is 12.8 Å². The van der Waals surface area contributed by atoms with Crippen molar-refractivity contribution in [2.75, 3.05) is 6.54 Å². The number of carboxylic acid groups (broad SMARTS) is 1. The Kier molecular flexibility index (Phi) is 1.84. The molecule has 5 heteroatoms. The standard InChI is InChI=1S/C5H8N2O3/c8-5(9)4-2-1-3-7(4)6-10/h4H,1-3H2,(H,8,9)/i1+1,2+1,3+1,4+1,5+1,7+1. The first kappa shape index (κ1) is 6.98. The van der Waals surface area contributed by atoms with Crippen molar-refractivity contribution in [1.82, 2.24) is 5.01 Å². The highest BCUT2D eigenvalue weighted by Crippen LogP contribution is 2.16. The molecule has 1 aliphatic rings. The fourth-order valence-corrected chi connectivity index (χ4v) is 1.10. The smallest absolute Gasteiger partial charge is 0.328 e. The van der Waals surface area contributed by atoms with Gasteiger partial charge >= 0.3 is 5.97 Å². The predicted molar refractivity (Wildman–Crippen MR) is 33.2 cm³/mol. The molecule has 1 heterocycles. The first-order valence-corrected chi connectivity index (χ1v) is 3.08. The summed E-state index contributed by atoms with van der Waals surface area (Å²) in [6.45, 7) is 0.473. The van der Waals surface area contributed by atoms with Crippen LogP contribution in [0.5, 0.6) is 0 Å². The van der Waals surface area contributed by atoms with Gasteiger partial charge in [-0.1, -0.05) is 0 Å². The van der Waals surface area contributed by atoms with E-state index in [4.69, 9.17) is 5.11 Å². The second kappa shape index (κ2) is 2.64. The lowest BCUT2D eigenvalue weighted by Gasteiger charge is -2.11. The Morgan fingerprint density at radius 1 is 1.70 bits per heavy atom. The zero-order valence-corrected chi connectivity index (χ0v) is 5.36. The maximum absolute atomic E-state index is 10.3. The van der Waals surface area contributed by atoms with Gasteiger partial charge in [0.1, 0.15) is 6.04 Å². The SMILES string of the molecule is O=N[15N]1[13CH2][13CH2][13CH2][13CH]1[13C](=O)O. The third-order valence-electron chi connectivity index (χ3n) is 1.61. The summed E-state index contributed by atoms with van der Waals surface area (Å²) in [5.74, 6) is -0.961. The van der Waals surface area contributed by atoms with Gasteiger partial charge in [-0.2, -0.15) is 0 Å². The minimum Gasteiger partial charge on any atom is -0.480 e. The van der Waals surface area contributed by atoms with Crippen LogP contribution in [-0.4, -0.2) is 28.7 Å². The summed E-state index contributed by atoms with van der Waals surface area (Å²) >= 11 is 0. The Balaban J connectivity index is 2.58. The summed E-state index contributed by atoms with van der Waals surface area (Å²) in [6.07, 6.45) is 1.27. The number of nitrogens with zero attached hydrogens (tertiary/aromatic N) is 2. The largest absolute Gasteiger partial charge is 0.480 e. The summed E-state index contributed by atoms with van der Waals surface area (Å²) < 4.78 is 0. The molecule has 1 unspecified atom stereocenters. The monoisotopic (exact) mass is 150 g/mol. The third-order valence-corrected chi connectivity index (χ3v) is 1.61. The molecule has 1 fully saturated rings. The molecular formula is C5H8N2O3. The van der Waals surface area contributed by atoms with E-state index < -0.39 is 12.0 Å². The fraction of sp³-hybridized carbons (Fsp3) is 0.800. The molecule has 1 atom stereocenters. The molecule has 56 valence electrons. The van der Waals surface area contributed by atoms with Crippen LogP contribution in [0.15, 0.2) is 5.29 Å². The zero-order chi connectivity index (χ0) is 7.56. The molecule has 1 rings (SSSR count). The maximum Gasteiger partial charge on any atom is 0.328 e. The summed E-state index contributed by atoms with van der Waals surface area (Å²) in [7, 11) is 0. The van der Waals surface area contributed by atoms with E-state index in [1.807, 2.05) is 0 Å². The zero-order valence-electron chi connectivity index (χ0n) is 5.36. The second-order valence-corrected chi connectivity index (χ2v) is 2.24. The van der Waals surface area contributed by atoms with Crippen LogP contribution in [-0.2, 0) is 4.79 Å². The molecule has 0 aromatic rings. The first-order chi connectivity index (χ1) is 4.75. The van der Waals surface area contributed by atoms with Gasteiger partial charge in [-0.05, 0) is 12.8 Å². The van der Waals surface area contributed by atoms with E-state index in [2.05, 4.69) is 5.29 Å². The molecule has 1 N–H and O–H groups in total. The number of hydrogen-bond donors (Lipinski definition) is 1. The van der Waals surface area contributed by atoms with Gasteiger partial charge in [0.05, 0.1) is 5.29 Å². The summed E-state index contributed by atoms with van der Waals surface area (Å²) in [5, 5.41) is 12.1. The molecule has 1 saturated heterocycles. The van der Waals surface area contributed by atoms with Crippen LogP contribution in [0.25, 0.3) is 0 Å². The molecule has 0 aromatic carbocycles. The lowest BCUT2D eigenvalue weighted by Crippen LogP contribution is -2.31. The van der Waals surface area contributed by atoms with E-state index >= 15 is 0 Å². The van der Waals surface area contributed by atoms with Gasteiger partial charge in [-0.3, -0.25) is 0 Å². The van der Waals surface area contributed by atoms with E-state index in [-0.39, 0.29) is 0 Å². The van der Waals surface area contributed by atoms with Gasteiger partial charge in [-0.25, -0.2) is 9.80 Å². The molecular weight excluding hydrogens is 142 g/mol. The molecule has 1 aliphatic heterocycles. The highest BCUT2D eigenvalue weighted by Gasteiger charge is 2.30. The van der Waals surface area contributed by atoms with Crippen LogP contribution in [0.3, 0.4) is 0 Å². The number of carboxylic acids is 1. The van der Waals surface area contributed by atoms with Gasteiger partial charge in [0, 0.05) is 6.54 Å². The minimum absolute atomic E-state index is 0.473. The summed E-state index contributed by atoms with van der Waals surface area (Å²) in [6, 6.07) is -0.683. The van der Waals surface area contributed by atoms with Crippen molar-refractivity contribution < 1.29 is 9.90 Å². The second-order valence-electron chi connectivity index (χ2n) is 2.24. The highest BCUT2D eigenvalue weighted by molar-refractivity contribution is 5.73. The summed E-state index contributed by atoms with van der Waals surface area (Å²) in [4.78, 5) is 20.3. The molecule has 0 saturated carbocycles. The Hall–Kier alpha value is -1.13. The fourth-order valence-electron chi connectivity index (χ4n) is 1.10. The number of rotatable bonds is 2. The lowest BCUT2D eigenvalue weighted by atomic mass is 11.2. The Morgan fingerprint density at radius 3 is 2.80 bits per heavy atom. The molecule has 0 amide bonds. The topological polar surface area (TPSA) is 70.0 Å². The number of nitroso groups, excluding NO2 is 1. The van der Waals surface area contributed by atoms with Crippen molar-refractivity contribution >= 4 is 5.97 Å². The number of aliphatic carboxylic acids is 1. The van der Waals surface area contributed by atoms with Crippen molar-refractivity contribution in [1.29, 1.82) is 0 Å². The van der Waals surface area contributed by atoms with E-state index in [1.54, 1.807) is 0 Å². The van der Waals surface area contributed by atoms with Gasteiger partial charge in [0.25, 0.3) is 0 Å². The lowest BCUT2D eigenvalue weighted by molar-refractivity contribution is -0.142. The van der Waals surface area contributed by atoms with Gasteiger partial charge in [0.15, 0.2) is 0 Å². The van der Waals surface area contributed by atoms with Crippen molar-refractivity contribution in [3.8, 4) is 0 Å². The maximum atomic E-state index is 10.3. The average molecular weight is 150 g/mol. The molecule has 0 radical (unpaired) electrons. The quantitative estimate of drug-likeness (QED) is 0.347. The van der Waals surface area contributed by atoms with Gasteiger partial charge in [0.2, 0.25) is 0 Å². The highest BCUT2D eigenvalue weighted by atomic mass is 16.5. The average Bonchev–Trinajstić information content (AvgIpc) is 2.33. The van der Waals surface area contributed by atoms with E-state index in [0.29, 0.717) is 13.0 Å². The van der Waals surface area contributed by atoms with Crippen LogP contribution in [0.4, 0.5) is 0 Å². The van der Waals surface area contributed by atoms with Crippen LogP contribution in [0.2, 0.25) is 0 Å². The molecule has 5 nitrogen and oxygen atoms in total. The number of carbonyl (C=O) groups is 1. The number of hydrogen-bond acceptors (Lipinski definition) is 3. The molecule has 0 aromatic heterocycles. The van der Waals surface area contributed by atoms with Crippen molar-refractivity contribution in [2.24, 2.45) is 5.29 Å². The van der Waals surface area contributed by atoms with Gasteiger partial charge < -0.3 is 5.11 Å². The Labute approximate surface area is 57.6 Å². The third kappa shape index (κ3) is 1.07. The molecule has 10 heavy (non-hydrogen) atoms. The van der Waals surface area contributed by atoms with Crippen LogP contribution in [0, 0.1) is 4.91 Å². The first-order valence-electron chi connectivity index (χ1n) is 3.08. The summed E-state index contributed by atoms with van der Waals surface area (Å²) in [5.41, 5.74) is 0. The van der Waals surface area contributed by atoms with Crippen molar-refractivity contribution in [2.45, 2.75) is 18.9 Å². The van der Waals surface area contributed by atoms with Gasteiger partial charge in [-0.15, -0.1) is 4.91 Å². The normalized spacial score (nSPS) is 24.8. The van der Waals surface area contributed by atoms with E-state index in [0.717, 1.165) is 11.4 Å². The van der Waals surface area contributed by atoms with E-state index in [1.165, 1.54) is 0 Å². The molecule has 0 bridgehead atoms. The molecule has 0 aliphatic carbocycles. The van der Waals surface area contributed by atoms with Crippen LogP contribution < -0.4 is 0 Å². The van der Waals surface area contributed by atoms with Crippen molar-refractivity contribution in [3.63, 3.8) is 0 Å². The van der Waals surface area contributed by atoms with E-state index in [9.17, 15) is 9.70 Å². The molecule has 0 spiro atoms. The predicted octanol–water partition coefficient (Wildman–Crippen LogP) is 0.217. The Morgan fingerprint density at radius 2 is 2.40 bits per heavy atom. The Bertz CT molecular complexity index is 159. The van der Waals surface area contributed by atoms with Crippen LogP contribution >= 0.6 is 0 Å². The minimum atomic E-state index is -0.961.